The Labute approximate surface area is 227 Å². The van der Waals surface area contributed by atoms with Crippen LogP contribution >= 0.6 is 11.6 Å². The number of aromatic nitrogens is 1. The number of hydrogen-bond acceptors (Lipinski definition) is 5. The summed E-state index contributed by atoms with van der Waals surface area (Å²) in [5.41, 5.74) is 5.84. The predicted molar refractivity (Wildman–Crippen MR) is 146 cm³/mol. The van der Waals surface area contributed by atoms with Crippen molar-refractivity contribution >= 4 is 11.6 Å². The first-order valence-electron chi connectivity index (χ1n) is 12.4. The maximum atomic E-state index is 14.6. The van der Waals surface area contributed by atoms with Crippen LogP contribution in [0.5, 0.6) is 11.5 Å². The molecular weight excluding hydrogens is 501 g/mol. The third kappa shape index (κ3) is 5.50. The van der Waals surface area contributed by atoms with Gasteiger partial charge in [0.2, 0.25) is 0 Å². The highest BCUT2D eigenvalue weighted by Gasteiger charge is 2.28. The van der Waals surface area contributed by atoms with Gasteiger partial charge in [-0.1, -0.05) is 48.0 Å². The lowest BCUT2D eigenvalue weighted by Gasteiger charge is -2.20. The van der Waals surface area contributed by atoms with Gasteiger partial charge in [-0.05, 0) is 61.8 Å². The second kappa shape index (κ2) is 11.2. The van der Waals surface area contributed by atoms with Gasteiger partial charge in [-0.25, -0.2) is 4.39 Å². The average molecular weight is 528 g/mol. The molecule has 5 nitrogen and oxygen atoms in total. The largest absolute Gasteiger partial charge is 0.488 e. The number of hydrogen-bond donors (Lipinski definition) is 0. The normalized spacial score (nSPS) is 14.3. The number of benzene rings is 3. The van der Waals surface area contributed by atoms with E-state index in [1.165, 1.54) is 12.3 Å². The van der Waals surface area contributed by atoms with Gasteiger partial charge in [0.25, 0.3) is 0 Å². The number of rotatable bonds is 8. The van der Waals surface area contributed by atoms with Crippen molar-refractivity contribution in [3.63, 3.8) is 0 Å². The number of pyridine rings is 1. The molecule has 0 N–H and O–H groups in total. The number of ether oxygens (including phenoxy) is 2. The van der Waals surface area contributed by atoms with Crippen LogP contribution in [-0.4, -0.2) is 24.0 Å². The smallest absolute Gasteiger partial charge is 0.142 e. The minimum atomic E-state index is -0.234. The lowest BCUT2D eigenvalue weighted by Crippen LogP contribution is -2.12. The summed E-state index contributed by atoms with van der Waals surface area (Å²) in [4.78, 5) is 6.15. The average Bonchev–Trinajstić information content (AvgIpc) is 3.32. The second-order valence-electron chi connectivity index (χ2n) is 9.61. The maximum Gasteiger partial charge on any atom is 0.142 e. The van der Waals surface area contributed by atoms with Gasteiger partial charge < -0.3 is 14.4 Å². The Morgan fingerprint density at radius 3 is 2.66 bits per heavy atom. The number of nitriles is 1. The molecule has 0 saturated carbocycles. The van der Waals surface area contributed by atoms with E-state index in [9.17, 15) is 9.65 Å². The van der Waals surface area contributed by atoms with Crippen LogP contribution in [0, 0.1) is 17.1 Å². The zero-order valence-electron chi connectivity index (χ0n) is 21.2. The van der Waals surface area contributed by atoms with Gasteiger partial charge in [0.15, 0.2) is 0 Å². The highest BCUT2D eigenvalue weighted by molar-refractivity contribution is 6.32. The van der Waals surface area contributed by atoms with Gasteiger partial charge in [0, 0.05) is 41.7 Å². The van der Waals surface area contributed by atoms with Crippen LogP contribution in [0.3, 0.4) is 0 Å². The van der Waals surface area contributed by atoms with E-state index in [1.54, 1.807) is 18.3 Å². The van der Waals surface area contributed by atoms with Crippen molar-refractivity contribution in [2.75, 3.05) is 14.1 Å². The fourth-order valence-electron chi connectivity index (χ4n) is 4.88. The summed E-state index contributed by atoms with van der Waals surface area (Å²) >= 11 is 6.70. The molecule has 0 fully saturated rings. The molecule has 0 spiro atoms. The molecule has 0 bridgehead atoms. The van der Waals surface area contributed by atoms with Gasteiger partial charge >= 0.3 is 0 Å². The SMILES string of the molecule is CN(C)Cc1cc(Cl)c(O[C@H]2CCc3c(-c4ccccc4F)cccc32)cc1OCc1cncc(C#N)c1. The van der Waals surface area contributed by atoms with E-state index in [1.807, 2.05) is 61.5 Å². The molecule has 0 radical (unpaired) electrons. The van der Waals surface area contributed by atoms with Gasteiger partial charge in [-0.2, -0.15) is 5.26 Å². The molecule has 1 atom stereocenters. The van der Waals surface area contributed by atoms with Crippen molar-refractivity contribution in [3.05, 3.63) is 112 Å². The van der Waals surface area contributed by atoms with E-state index in [4.69, 9.17) is 21.1 Å². The Balaban J connectivity index is 1.43. The van der Waals surface area contributed by atoms with E-state index in [2.05, 4.69) is 11.1 Å². The predicted octanol–water partition coefficient (Wildman–Crippen LogP) is 7.12. The molecule has 1 aliphatic carbocycles. The molecule has 5 rings (SSSR count). The molecule has 0 saturated heterocycles. The molecule has 38 heavy (non-hydrogen) atoms. The van der Waals surface area contributed by atoms with Gasteiger partial charge in [-0.15, -0.1) is 0 Å². The maximum absolute atomic E-state index is 14.6. The van der Waals surface area contributed by atoms with Gasteiger partial charge in [0.05, 0.1) is 10.6 Å². The quantitative estimate of drug-likeness (QED) is 0.244. The van der Waals surface area contributed by atoms with E-state index in [0.717, 1.165) is 40.7 Å². The molecule has 1 aromatic heterocycles. The molecule has 192 valence electrons. The summed E-state index contributed by atoms with van der Waals surface area (Å²) in [6, 6.07) is 20.4. The zero-order chi connectivity index (χ0) is 26.6. The Morgan fingerprint density at radius 2 is 1.87 bits per heavy atom. The van der Waals surface area contributed by atoms with Gasteiger partial charge in [0.1, 0.15) is 36.1 Å². The topological polar surface area (TPSA) is 58.4 Å². The Bertz CT molecular complexity index is 1520. The van der Waals surface area contributed by atoms with Crippen molar-refractivity contribution in [1.29, 1.82) is 5.26 Å². The summed E-state index contributed by atoms with van der Waals surface area (Å²) in [5.74, 6) is 0.947. The van der Waals surface area contributed by atoms with Crippen molar-refractivity contribution in [2.24, 2.45) is 0 Å². The molecule has 0 unspecified atom stereocenters. The highest BCUT2D eigenvalue weighted by Crippen LogP contribution is 2.43. The van der Waals surface area contributed by atoms with Crippen LogP contribution in [0.15, 0.2) is 73.1 Å². The fourth-order valence-corrected chi connectivity index (χ4v) is 5.11. The monoisotopic (exact) mass is 527 g/mol. The van der Waals surface area contributed by atoms with E-state index in [-0.39, 0.29) is 18.5 Å². The number of fused-ring (bicyclic) bond motifs is 1. The highest BCUT2D eigenvalue weighted by atomic mass is 35.5. The molecule has 0 aliphatic heterocycles. The van der Waals surface area contributed by atoms with Crippen molar-refractivity contribution < 1.29 is 13.9 Å². The minimum Gasteiger partial charge on any atom is -0.488 e. The van der Waals surface area contributed by atoms with Crippen molar-refractivity contribution in [2.45, 2.75) is 32.1 Å². The van der Waals surface area contributed by atoms with Crippen molar-refractivity contribution in [3.8, 4) is 28.7 Å². The standard InChI is InChI=1S/C31H27ClFN3O2/c1-36(2)18-22-13-27(32)31(14-30(22)37-19-21-12-20(15-34)16-35-17-21)38-29-11-10-24-23(7-5-8-26(24)29)25-6-3-4-9-28(25)33/h3-9,12-14,16-17,29H,10-11,18-19H2,1-2H3/t29-/m0/s1. The summed E-state index contributed by atoms with van der Waals surface area (Å²) in [7, 11) is 3.95. The first-order chi connectivity index (χ1) is 18.4. The molecule has 1 heterocycles. The molecule has 7 heteroatoms. The number of nitrogens with zero attached hydrogens (tertiary/aromatic N) is 3. The van der Waals surface area contributed by atoms with Crippen LogP contribution in [-0.2, 0) is 19.6 Å². The fraction of sp³-hybridized carbons (Fsp3) is 0.226. The first-order valence-corrected chi connectivity index (χ1v) is 12.8. The van der Waals surface area contributed by atoms with E-state index >= 15 is 0 Å². The van der Waals surface area contributed by atoms with Crippen LogP contribution in [0.4, 0.5) is 4.39 Å². The van der Waals surface area contributed by atoms with Crippen molar-refractivity contribution in [1.82, 2.24) is 9.88 Å². The summed E-state index contributed by atoms with van der Waals surface area (Å²) in [6.07, 6.45) is 4.54. The summed E-state index contributed by atoms with van der Waals surface area (Å²) in [5, 5.41) is 9.67. The van der Waals surface area contributed by atoms with Crippen LogP contribution in [0.2, 0.25) is 5.02 Å². The lowest BCUT2D eigenvalue weighted by atomic mass is 9.96. The molecule has 3 aromatic carbocycles. The molecular formula is C31H27ClFN3O2. The van der Waals surface area contributed by atoms with Gasteiger partial charge in [-0.3, -0.25) is 4.98 Å². The number of halogens is 2. The van der Waals surface area contributed by atoms with Crippen LogP contribution in [0.25, 0.3) is 11.1 Å². The molecule has 0 amide bonds. The molecule has 4 aromatic rings. The molecule has 1 aliphatic rings. The third-order valence-electron chi connectivity index (χ3n) is 6.57. The Morgan fingerprint density at radius 1 is 1.05 bits per heavy atom. The summed E-state index contributed by atoms with van der Waals surface area (Å²) < 4.78 is 27.2. The third-order valence-corrected chi connectivity index (χ3v) is 6.86. The Kier molecular flexibility index (Phi) is 7.59. The van der Waals surface area contributed by atoms with E-state index < -0.39 is 0 Å². The zero-order valence-corrected chi connectivity index (χ0v) is 22.0. The Hall–Kier alpha value is -3.92. The van der Waals surface area contributed by atoms with Crippen LogP contribution in [0.1, 0.15) is 40.3 Å². The lowest BCUT2D eigenvalue weighted by molar-refractivity contribution is 0.205. The van der Waals surface area contributed by atoms with E-state index in [0.29, 0.717) is 34.2 Å². The van der Waals surface area contributed by atoms with Crippen LogP contribution < -0.4 is 9.47 Å². The summed E-state index contributed by atoms with van der Waals surface area (Å²) in [6.45, 7) is 0.881. The first kappa shape index (κ1) is 25.7. The minimum absolute atomic E-state index is 0.210. The second-order valence-corrected chi connectivity index (χ2v) is 10.0.